The summed E-state index contributed by atoms with van der Waals surface area (Å²) in [7, 11) is 1.75. The Kier molecular flexibility index (Phi) is 3.36. The summed E-state index contributed by atoms with van der Waals surface area (Å²) in [5.74, 6) is 0. The lowest BCUT2D eigenvalue weighted by atomic mass is 10.0. The molecule has 1 aliphatic rings. The maximum atomic E-state index is 5.80. The Bertz CT molecular complexity index is 296. The van der Waals surface area contributed by atoms with Gasteiger partial charge in [-0.05, 0) is 5.56 Å². The number of hydrogen-bond donors (Lipinski definition) is 1. The van der Waals surface area contributed by atoms with Gasteiger partial charge in [0.1, 0.15) is 0 Å². The van der Waals surface area contributed by atoms with Crippen LogP contribution in [0.1, 0.15) is 11.6 Å². The van der Waals surface area contributed by atoms with Gasteiger partial charge < -0.3 is 10.5 Å². The van der Waals surface area contributed by atoms with Gasteiger partial charge in [0.25, 0.3) is 0 Å². The summed E-state index contributed by atoms with van der Waals surface area (Å²) in [6, 6.07) is 11.2. The van der Waals surface area contributed by atoms with Crippen LogP contribution >= 0.6 is 0 Å². The number of likely N-dealkylation sites (tertiary alicyclic amines) is 1. The van der Waals surface area contributed by atoms with Crippen molar-refractivity contribution in [2.45, 2.75) is 12.1 Å². The zero-order valence-corrected chi connectivity index (χ0v) is 9.10. The van der Waals surface area contributed by atoms with Gasteiger partial charge >= 0.3 is 0 Å². The van der Waals surface area contributed by atoms with Crippen molar-refractivity contribution in [3.63, 3.8) is 0 Å². The van der Waals surface area contributed by atoms with Crippen LogP contribution in [0.4, 0.5) is 0 Å². The minimum absolute atomic E-state index is 0.341. The predicted molar refractivity (Wildman–Crippen MR) is 60.6 cm³/mol. The number of nitrogens with two attached hydrogens (primary N) is 1. The summed E-state index contributed by atoms with van der Waals surface area (Å²) in [5.41, 5.74) is 7.11. The van der Waals surface area contributed by atoms with Crippen molar-refractivity contribution < 1.29 is 4.74 Å². The lowest BCUT2D eigenvalue weighted by molar-refractivity contribution is 0.0377. The third-order valence-electron chi connectivity index (χ3n) is 2.89. The molecule has 3 heteroatoms. The van der Waals surface area contributed by atoms with Crippen LogP contribution < -0.4 is 5.73 Å². The molecule has 0 aromatic heterocycles. The van der Waals surface area contributed by atoms with Crippen molar-refractivity contribution >= 4 is 0 Å². The average Bonchev–Trinajstić information content (AvgIpc) is 2.23. The fourth-order valence-electron chi connectivity index (χ4n) is 2.05. The Labute approximate surface area is 90.8 Å². The molecule has 1 aromatic carbocycles. The molecule has 2 N–H and O–H groups in total. The minimum Gasteiger partial charge on any atom is -0.383 e. The van der Waals surface area contributed by atoms with E-state index in [0.717, 1.165) is 19.7 Å². The van der Waals surface area contributed by atoms with Gasteiger partial charge in [-0.2, -0.15) is 0 Å². The molecule has 0 saturated carbocycles. The molecule has 0 bridgehead atoms. The van der Waals surface area contributed by atoms with Gasteiger partial charge in [0.05, 0.1) is 12.6 Å². The predicted octanol–water partition coefficient (Wildman–Crippen LogP) is 1.02. The third-order valence-corrected chi connectivity index (χ3v) is 2.89. The van der Waals surface area contributed by atoms with Crippen LogP contribution in [0.5, 0.6) is 0 Å². The van der Waals surface area contributed by atoms with E-state index in [1.54, 1.807) is 7.11 Å². The highest BCUT2D eigenvalue weighted by molar-refractivity contribution is 5.20. The highest BCUT2D eigenvalue weighted by Gasteiger charge is 2.30. The lowest BCUT2D eigenvalue weighted by Gasteiger charge is -2.42. The smallest absolute Gasteiger partial charge is 0.0659 e. The topological polar surface area (TPSA) is 38.5 Å². The van der Waals surface area contributed by atoms with E-state index in [9.17, 15) is 0 Å². The van der Waals surface area contributed by atoms with Crippen molar-refractivity contribution in [1.82, 2.24) is 4.90 Å². The molecule has 1 saturated heterocycles. The van der Waals surface area contributed by atoms with Crippen molar-refractivity contribution in [3.8, 4) is 0 Å². The van der Waals surface area contributed by atoms with E-state index < -0.39 is 0 Å². The van der Waals surface area contributed by atoms with Crippen LogP contribution in [0, 0.1) is 0 Å². The Morgan fingerprint density at radius 1 is 1.40 bits per heavy atom. The maximum Gasteiger partial charge on any atom is 0.0659 e. The standard InChI is InChI=1S/C12H18N2O/c1-15-9-12(14-7-11(13)8-14)10-5-3-2-4-6-10/h2-6,11-12H,7-9,13H2,1H3. The second-order valence-corrected chi connectivity index (χ2v) is 4.10. The first-order valence-electron chi connectivity index (χ1n) is 5.35. The molecule has 1 aromatic rings. The monoisotopic (exact) mass is 206 g/mol. The van der Waals surface area contributed by atoms with Gasteiger partial charge in [-0.1, -0.05) is 30.3 Å². The summed E-state index contributed by atoms with van der Waals surface area (Å²) in [6.07, 6.45) is 0. The molecule has 0 spiro atoms. The average molecular weight is 206 g/mol. The SMILES string of the molecule is COCC(c1ccccc1)N1CC(N)C1. The van der Waals surface area contributed by atoms with E-state index in [2.05, 4.69) is 29.2 Å². The van der Waals surface area contributed by atoms with E-state index in [1.807, 2.05) is 6.07 Å². The summed E-state index contributed by atoms with van der Waals surface area (Å²) in [4.78, 5) is 2.36. The molecule has 0 amide bonds. The quantitative estimate of drug-likeness (QED) is 0.799. The zero-order valence-electron chi connectivity index (χ0n) is 9.10. The Morgan fingerprint density at radius 2 is 2.07 bits per heavy atom. The largest absolute Gasteiger partial charge is 0.383 e. The molecule has 2 rings (SSSR count). The van der Waals surface area contributed by atoms with Gasteiger partial charge in [0, 0.05) is 26.2 Å². The van der Waals surface area contributed by atoms with Crippen molar-refractivity contribution in [2.75, 3.05) is 26.8 Å². The second kappa shape index (κ2) is 4.75. The lowest BCUT2D eigenvalue weighted by Crippen LogP contribution is -2.57. The molecular weight excluding hydrogens is 188 g/mol. The molecule has 0 aliphatic carbocycles. The number of ether oxygens (including phenoxy) is 1. The van der Waals surface area contributed by atoms with Crippen LogP contribution in [0.3, 0.4) is 0 Å². The first kappa shape index (κ1) is 10.6. The van der Waals surface area contributed by atoms with Gasteiger partial charge in [-0.25, -0.2) is 0 Å². The molecule has 82 valence electrons. The Morgan fingerprint density at radius 3 is 2.60 bits per heavy atom. The highest BCUT2D eigenvalue weighted by Crippen LogP contribution is 2.25. The zero-order chi connectivity index (χ0) is 10.7. The van der Waals surface area contributed by atoms with Crippen LogP contribution in [-0.4, -0.2) is 37.7 Å². The van der Waals surface area contributed by atoms with Crippen LogP contribution in [0.25, 0.3) is 0 Å². The summed E-state index contributed by atoms with van der Waals surface area (Å²) >= 11 is 0. The molecule has 15 heavy (non-hydrogen) atoms. The molecule has 3 nitrogen and oxygen atoms in total. The summed E-state index contributed by atoms with van der Waals surface area (Å²) < 4.78 is 5.27. The Balaban J connectivity index is 2.06. The molecular formula is C12H18N2O. The number of hydrogen-bond acceptors (Lipinski definition) is 3. The number of rotatable bonds is 4. The molecule has 0 radical (unpaired) electrons. The molecule has 1 fully saturated rings. The van der Waals surface area contributed by atoms with Crippen molar-refractivity contribution in [1.29, 1.82) is 0 Å². The Hall–Kier alpha value is -0.900. The van der Waals surface area contributed by atoms with E-state index in [0.29, 0.717) is 12.1 Å². The number of nitrogens with zero attached hydrogens (tertiary/aromatic N) is 1. The fourth-order valence-corrected chi connectivity index (χ4v) is 2.05. The summed E-state index contributed by atoms with van der Waals surface area (Å²) in [5, 5.41) is 0. The van der Waals surface area contributed by atoms with E-state index in [1.165, 1.54) is 5.56 Å². The number of benzene rings is 1. The van der Waals surface area contributed by atoms with Crippen LogP contribution in [0.15, 0.2) is 30.3 Å². The number of methoxy groups -OCH3 is 1. The van der Waals surface area contributed by atoms with Gasteiger partial charge in [0.2, 0.25) is 0 Å². The molecule has 1 aliphatic heterocycles. The van der Waals surface area contributed by atoms with Crippen molar-refractivity contribution in [3.05, 3.63) is 35.9 Å². The van der Waals surface area contributed by atoms with E-state index in [-0.39, 0.29) is 0 Å². The van der Waals surface area contributed by atoms with Gasteiger partial charge in [-0.3, -0.25) is 4.90 Å². The summed E-state index contributed by atoms with van der Waals surface area (Å²) in [6.45, 7) is 2.68. The second-order valence-electron chi connectivity index (χ2n) is 4.10. The first-order chi connectivity index (χ1) is 7.31. The highest BCUT2D eigenvalue weighted by atomic mass is 16.5. The normalized spacial score (nSPS) is 19.9. The molecule has 1 atom stereocenters. The van der Waals surface area contributed by atoms with Crippen molar-refractivity contribution in [2.24, 2.45) is 5.73 Å². The van der Waals surface area contributed by atoms with Crippen LogP contribution in [0.2, 0.25) is 0 Å². The third kappa shape index (κ3) is 2.37. The molecule has 1 unspecified atom stereocenters. The van der Waals surface area contributed by atoms with E-state index in [4.69, 9.17) is 10.5 Å². The van der Waals surface area contributed by atoms with Crippen LogP contribution in [-0.2, 0) is 4.74 Å². The fraction of sp³-hybridized carbons (Fsp3) is 0.500. The van der Waals surface area contributed by atoms with Gasteiger partial charge in [-0.15, -0.1) is 0 Å². The maximum absolute atomic E-state index is 5.80. The first-order valence-corrected chi connectivity index (χ1v) is 5.35. The minimum atomic E-state index is 0.341. The van der Waals surface area contributed by atoms with Gasteiger partial charge in [0.15, 0.2) is 0 Å². The molecule has 1 heterocycles. The van der Waals surface area contributed by atoms with E-state index >= 15 is 0 Å².